The molecule has 0 aliphatic carbocycles. The molecule has 9 heavy (non-hydrogen) atoms. The Labute approximate surface area is 53.8 Å². The molecule has 1 atom stereocenters. The van der Waals surface area contributed by atoms with Gasteiger partial charge in [0.2, 0.25) is 0 Å². The third-order valence-corrected chi connectivity index (χ3v) is 1.42. The molecular weight excluding hydrogens is 141 g/mol. The van der Waals surface area contributed by atoms with Gasteiger partial charge in [-0.3, -0.25) is 11.5 Å². The quantitative estimate of drug-likeness (QED) is 0.205. The summed E-state index contributed by atoms with van der Waals surface area (Å²) in [4.78, 5) is 9.99. The van der Waals surface area contributed by atoms with Crippen molar-refractivity contribution < 1.29 is 14.0 Å². The monoisotopic (exact) mass is 150 g/mol. The van der Waals surface area contributed by atoms with Crippen molar-refractivity contribution in [3.8, 4) is 0 Å². The largest absolute Gasteiger partial charge is 0.593 e. The molecule has 0 aliphatic rings. The zero-order valence-electron chi connectivity index (χ0n) is 5.07. The molecular formula is C3H9N3O2P+. The van der Waals surface area contributed by atoms with E-state index in [0.717, 1.165) is 0 Å². The number of hydrogen-bond acceptors (Lipinski definition) is 2. The highest BCUT2D eigenvalue weighted by Crippen LogP contribution is 2.03. The highest BCUT2D eigenvalue weighted by Gasteiger charge is 2.05. The standard InChI is InChI=1S/C3H8N3O2P/c1-6(3(4)5)2-9(7)8/h2H2,1H3,(H3,4,5)/p+1. The van der Waals surface area contributed by atoms with Crippen LogP contribution in [0, 0.1) is 0 Å². The van der Waals surface area contributed by atoms with Gasteiger partial charge in [0, 0.05) is 0 Å². The van der Waals surface area contributed by atoms with Crippen LogP contribution in [0.3, 0.4) is 0 Å². The van der Waals surface area contributed by atoms with Gasteiger partial charge in [-0.2, -0.15) is 0 Å². The first-order valence-electron chi connectivity index (χ1n) is 2.25. The predicted molar refractivity (Wildman–Crippen MR) is 32.0 cm³/mol. The van der Waals surface area contributed by atoms with Gasteiger partial charge in [0.15, 0.2) is 0 Å². The van der Waals surface area contributed by atoms with E-state index in [0.29, 0.717) is 0 Å². The summed E-state index contributed by atoms with van der Waals surface area (Å²) in [6.07, 6.45) is -0.127. The lowest BCUT2D eigenvalue weighted by molar-refractivity contribution is -0.483. The highest BCUT2D eigenvalue weighted by atomic mass is 31.1. The van der Waals surface area contributed by atoms with E-state index in [1.807, 2.05) is 0 Å². The van der Waals surface area contributed by atoms with E-state index in [-0.39, 0.29) is 12.2 Å². The van der Waals surface area contributed by atoms with Crippen LogP contribution in [-0.2, 0) is 4.57 Å². The molecule has 1 unspecified atom stereocenters. The molecule has 0 radical (unpaired) electrons. The van der Waals surface area contributed by atoms with Crippen molar-refractivity contribution in [1.82, 2.24) is 0 Å². The Morgan fingerprint density at radius 2 is 2.22 bits per heavy atom. The normalized spacial score (nSPS) is 10.7. The van der Waals surface area contributed by atoms with Crippen molar-refractivity contribution >= 4 is 14.0 Å². The smallest absolute Gasteiger partial charge is 0.346 e. The van der Waals surface area contributed by atoms with E-state index >= 15 is 0 Å². The predicted octanol–water partition coefficient (Wildman–Crippen LogP) is -2.04. The Morgan fingerprint density at radius 3 is 2.33 bits per heavy atom. The average Bonchev–Trinajstić information content (AvgIpc) is 1.63. The summed E-state index contributed by atoms with van der Waals surface area (Å²) in [7, 11) is -0.927. The van der Waals surface area contributed by atoms with E-state index in [1.165, 1.54) is 11.6 Å². The van der Waals surface area contributed by atoms with Gasteiger partial charge in [-0.25, -0.2) is 4.58 Å². The van der Waals surface area contributed by atoms with Gasteiger partial charge in [0.05, 0.1) is 7.05 Å². The number of guanidine groups is 1. The fraction of sp³-hybridized carbons (Fsp3) is 0.667. The number of nitrogens with zero attached hydrogens (tertiary/aromatic N) is 1. The molecule has 0 heterocycles. The number of rotatable bonds is 2. The van der Waals surface area contributed by atoms with Crippen LogP contribution < -0.4 is 16.4 Å². The van der Waals surface area contributed by atoms with E-state index in [9.17, 15) is 9.46 Å². The Bertz CT molecular complexity index is 151. The third kappa shape index (κ3) is 3.88. The zero-order chi connectivity index (χ0) is 7.44. The lowest BCUT2D eigenvalue weighted by Crippen LogP contribution is -2.34. The molecule has 6 heteroatoms. The second-order valence-electron chi connectivity index (χ2n) is 1.60. The topological polar surface area (TPSA) is 95.2 Å². The Hall–Kier alpha value is -0.670. The first kappa shape index (κ1) is 8.33. The van der Waals surface area contributed by atoms with Gasteiger partial charge in [0.25, 0.3) is 6.29 Å². The molecule has 0 rings (SSSR count). The summed E-state index contributed by atoms with van der Waals surface area (Å²) in [5, 5.41) is 0. The summed E-state index contributed by atoms with van der Waals surface area (Å²) < 4.78 is 11.2. The van der Waals surface area contributed by atoms with Crippen molar-refractivity contribution in [1.29, 1.82) is 0 Å². The maximum Gasteiger partial charge on any atom is 0.346 e. The van der Waals surface area contributed by atoms with Crippen LogP contribution in [0.2, 0.25) is 0 Å². The van der Waals surface area contributed by atoms with Crippen LogP contribution in [0.15, 0.2) is 0 Å². The molecule has 0 saturated heterocycles. The van der Waals surface area contributed by atoms with Crippen LogP contribution in [0.25, 0.3) is 0 Å². The van der Waals surface area contributed by atoms with Gasteiger partial charge in [-0.05, 0) is 0 Å². The lowest BCUT2D eigenvalue weighted by atomic mass is 10.9. The Balaban J connectivity index is 3.92. The Kier molecular flexibility index (Phi) is 3.12. The maximum atomic E-state index is 9.99. The fourth-order valence-corrected chi connectivity index (χ4v) is 0.765. The molecule has 4 N–H and O–H groups in total. The van der Waals surface area contributed by atoms with Crippen molar-refractivity contribution in [3.05, 3.63) is 0 Å². The third-order valence-electron chi connectivity index (χ3n) is 0.768. The molecule has 52 valence electrons. The maximum absolute atomic E-state index is 9.99. The molecule has 0 aliphatic heterocycles. The molecule has 0 fully saturated rings. The Morgan fingerprint density at radius 1 is 1.78 bits per heavy atom. The first-order valence-corrected chi connectivity index (χ1v) is 3.61. The SMILES string of the molecule is C[N+](C[P+](=O)[O-])=C(N)N. The summed E-state index contributed by atoms with van der Waals surface area (Å²) in [5.41, 5.74) is 10.1. The minimum absolute atomic E-state index is 0.00852. The molecule has 5 nitrogen and oxygen atoms in total. The molecule has 0 saturated carbocycles. The van der Waals surface area contributed by atoms with Gasteiger partial charge in [-0.15, -0.1) is 0 Å². The molecule has 0 aromatic rings. The van der Waals surface area contributed by atoms with E-state index < -0.39 is 8.03 Å². The molecule has 0 bridgehead atoms. The summed E-state index contributed by atoms with van der Waals surface area (Å²) >= 11 is 0. The van der Waals surface area contributed by atoms with E-state index in [1.54, 1.807) is 0 Å². The van der Waals surface area contributed by atoms with E-state index in [2.05, 4.69) is 0 Å². The molecule has 0 amide bonds. The van der Waals surface area contributed by atoms with Gasteiger partial charge < -0.3 is 4.89 Å². The molecule has 0 spiro atoms. The van der Waals surface area contributed by atoms with Crippen LogP contribution in [0.1, 0.15) is 0 Å². The molecule has 0 aromatic carbocycles. The fourth-order valence-electron chi connectivity index (χ4n) is 0.255. The van der Waals surface area contributed by atoms with Crippen molar-refractivity contribution in [2.24, 2.45) is 11.5 Å². The minimum atomic E-state index is -2.43. The number of nitrogens with two attached hydrogens (primary N) is 2. The van der Waals surface area contributed by atoms with Crippen LogP contribution in [-0.4, -0.2) is 23.9 Å². The lowest BCUT2D eigenvalue weighted by Gasteiger charge is -1.93. The summed E-state index contributed by atoms with van der Waals surface area (Å²) in [6.45, 7) is 0. The first-order chi connectivity index (χ1) is 4.04. The summed E-state index contributed by atoms with van der Waals surface area (Å²) in [5.74, 6) is 0.00852. The van der Waals surface area contributed by atoms with Crippen LogP contribution in [0.5, 0.6) is 0 Å². The minimum Gasteiger partial charge on any atom is -0.593 e. The second-order valence-corrected chi connectivity index (χ2v) is 2.55. The van der Waals surface area contributed by atoms with Gasteiger partial charge in [0.1, 0.15) is 0 Å². The zero-order valence-corrected chi connectivity index (χ0v) is 5.97. The highest BCUT2D eigenvalue weighted by molar-refractivity contribution is 7.36. The van der Waals surface area contributed by atoms with Crippen LogP contribution >= 0.6 is 8.03 Å². The van der Waals surface area contributed by atoms with Crippen molar-refractivity contribution in [2.45, 2.75) is 0 Å². The van der Waals surface area contributed by atoms with E-state index in [4.69, 9.17) is 11.5 Å². The van der Waals surface area contributed by atoms with Gasteiger partial charge >= 0.3 is 14.0 Å². The average molecular weight is 150 g/mol. The number of hydrogen-bond donors (Lipinski definition) is 2. The van der Waals surface area contributed by atoms with Gasteiger partial charge in [-0.1, -0.05) is 4.57 Å². The van der Waals surface area contributed by atoms with Crippen molar-refractivity contribution in [2.75, 3.05) is 13.3 Å². The molecule has 0 aromatic heterocycles. The van der Waals surface area contributed by atoms with Crippen LogP contribution in [0.4, 0.5) is 0 Å². The second kappa shape index (κ2) is 3.37. The summed E-state index contributed by atoms with van der Waals surface area (Å²) in [6, 6.07) is 0. The van der Waals surface area contributed by atoms with Crippen molar-refractivity contribution in [3.63, 3.8) is 0 Å².